The molecule has 3 aromatic rings. The number of nitrogens with one attached hydrogen (secondary N) is 5. The molecule has 0 radical (unpaired) electrons. The maximum absolute atomic E-state index is 14.4. The van der Waals surface area contributed by atoms with Gasteiger partial charge in [0.2, 0.25) is 0 Å². The number of aryl methyl sites for hydroxylation is 2. The summed E-state index contributed by atoms with van der Waals surface area (Å²) in [6.45, 7) is 3.07. The van der Waals surface area contributed by atoms with E-state index >= 15 is 0 Å². The maximum atomic E-state index is 14.4. The molecule has 5 N–H and O–H groups in total. The molecule has 0 aliphatic rings. The van der Waals surface area contributed by atoms with Crippen LogP contribution in [-0.4, -0.2) is 39.5 Å². The van der Waals surface area contributed by atoms with Crippen LogP contribution in [0.2, 0.25) is 0 Å². The molecule has 0 saturated heterocycles. The molecule has 0 unspecified atom stereocenters. The van der Waals surface area contributed by atoms with E-state index in [1.807, 2.05) is 4.72 Å². The van der Waals surface area contributed by atoms with Gasteiger partial charge in [0.1, 0.15) is 11.6 Å². The highest BCUT2D eigenvalue weighted by atomic mass is 32.2. The number of carbonyl (C=O) groups is 3. The highest BCUT2D eigenvalue weighted by molar-refractivity contribution is 7.90. The number of urea groups is 2. The van der Waals surface area contributed by atoms with Gasteiger partial charge in [-0.3, -0.25) is 4.79 Å². The number of hydrogen-bond acceptors (Lipinski definition) is 5. The fourth-order valence-corrected chi connectivity index (χ4v) is 4.25. The van der Waals surface area contributed by atoms with E-state index in [0.29, 0.717) is 16.8 Å². The Balaban J connectivity index is 1.46. The molecule has 0 aliphatic heterocycles. The van der Waals surface area contributed by atoms with E-state index in [1.165, 1.54) is 49.4 Å². The Kier molecular flexibility index (Phi) is 8.97. The predicted molar refractivity (Wildman–Crippen MR) is 137 cm³/mol. The van der Waals surface area contributed by atoms with E-state index in [4.69, 9.17) is 0 Å². The van der Waals surface area contributed by atoms with E-state index in [9.17, 15) is 31.6 Å². The summed E-state index contributed by atoms with van der Waals surface area (Å²) in [6, 6.07) is 11.6. The van der Waals surface area contributed by atoms with Crippen molar-refractivity contribution in [2.45, 2.75) is 18.7 Å². The van der Waals surface area contributed by atoms with Gasteiger partial charge in [0.05, 0.1) is 10.6 Å². The summed E-state index contributed by atoms with van der Waals surface area (Å²) in [5, 5.41) is 9.52. The van der Waals surface area contributed by atoms with Crippen molar-refractivity contribution >= 4 is 39.4 Å². The smallest absolute Gasteiger partial charge is 0.328 e. The van der Waals surface area contributed by atoms with E-state index in [2.05, 4.69) is 21.3 Å². The van der Waals surface area contributed by atoms with E-state index in [0.717, 1.165) is 6.07 Å². The van der Waals surface area contributed by atoms with Crippen LogP contribution in [0.1, 0.15) is 21.5 Å². The summed E-state index contributed by atoms with van der Waals surface area (Å²) < 4.78 is 54.2. The molecule has 5 amide bonds. The van der Waals surface area contributed by atoms with Crippen LogP contribution in [0, 0.1) is 25.5 Å². The Hall–Kier alpha value is -4.52. The average molecular weight is 546 g/mol. The number of anilines is 2. The van der Waals surface area contributed by atoms with Gasteiger partial charge in [-0.05, 0) is 73.5 Å². The molecule has 0 fully saturated rings. The van der Waals surface area contributed by atoms with Crippen LogP contribution in [0.3, 0.4) is 0 Å². The second kappa shape index (κ2) is 12.1. The molecule has 0 heterocycles. The normalized spacial score (nSPS) is 10.8. The first-order valence-corrected chi connectivity index (χ1v) is 12.7. The van der Waals surface area contributed by atoms with Crippen molar-refractivity contribution in [3.63, 3.8) is 0 Å². The van der Waals surface area contributed by atoms with Crippen molar-refractivity contribution in [1.29, 1.82) is 0 Å². The molecule has 0 spiro atoms. The molecule has 3 rings (SSSR count). The number of carbonyl (C=O) groups excluding carboxylic acids is 3. The van der Waals surface area contributed by atoms with Gasteiger partial charge in [-0.15, -0.1) is 0 Å². The zero-order valence-electron chi connectivity index (χ0n) is 20.4. The maximum Gasteiger partial charge on any atom is 0.328 e. The number of sulfonamides is 1. The van der Waals surface area contributed by atoms with Gasteiger partial charge in [0, 0.05) is 24.3 Å². The van der Waals surface area contributed by atoms with Crippen LogP contribution in [0.5, 0.6) is 0 Å². The van der Waals surface area contributed by atoms with Gasteiger partial charge in [0.15, 0.2) is 0 Å². The largest absolute Gasteiger partial charge is 0.350 e. The summed E-state index contributed by atoms with van der Waals surface area (Å²) in [7, 11) is -4.06. The zero-order valence-corrected chi connectivity index (χ0v) is 21.2. The number of amides is 5. The van der Waals surface area contributed by atoms with Gasteiger partial charge in [0.25, 0.3) is 15.9 Å². The van der Waals surface area contributed by atoms with Crippen LogP contribution in [-0.2, 0) is 10.0 Å². The van der Waals surface area contributed by atoms with E-state index in [-0.39, 0.29) is 29.2 Å². The Morgan fingerprint density at radius 2 is 1.53 bits per heavy atom. The lowest BCUT2D eigenvalue weighted by Crippen LogP contribution is -2.42. The van der Waals surface area contributed by atoms with Gasteiger partial charge in [-0.2, -0.15) is 0 Å². The molecule has 0 aliphatic carbocycles. The lowest BCUT2D eigenvalue weighted by atomic mass is 10.2. The minimum Gasteiger partial charge on any atom is -0.350 e. The molecular weight excluding hydrogens is 520 g/mol. The first-order chi connectivity index (χ1) is 17.9. The molecule has 0 atom stereocenters. The van der Waals surface area contributed by atoms with Crippen molar-refractivity contribution in [1.82, 2.24) is 15.4 Å². The molecule has 38 heavy (non-hydrogen) atoms. The lowest BCUT2D eigenvalue weighted by molar-refractivity contribution is 0.0953. The Morgan fingerprint density at radius 1 is 0.789 bits per heavy atom. The summed E-state index contributed by atoms with van der Waals surface area (Å²) in [5.74, 6) is -1.96. The quantitative estimate of drug-likeness (QED) is 0.275. The SMILES string of the molecule is Cc1cccc(S(=O)(=O)NC(=O)NCCNC(=O)c2ccc(NC(=O)Nc3ccc(F)c(C)c3)c(F)c2)c1. The molecule has 200 valence electrons. The minimum absolute atomic E-state index is 0.0471. The summed E-state index contributed by atoms with van der Waals surface area (Å²) in [5.41, 5.74) is 1.11. The molecule has 10 nitrogen and oxygen atoms in total. The summed E-state index contributed by atoms with van der Waals surface area (Å²) in [4.78, 5) is 36.3. The molecular formula is C25H25F2N5O5S. The third-order valence-electron chi connectivity index (χ3n) is 5.12. The van der Waals surface area contributed by atoms with Gasteiger partial charge in [-0.25, -0.2) is 31.5 Å². The Morgan fingerprint density at radius 3 is 2.21 bits per heavy atom. The van der Waals surface area contributed by atoms with E-state index < -0.39 is 39.6 Å². The molecule has 3 aromatic carbocycles. The number of rotatable bonds is 8. The minimum atomic E-state index is -4.06. The van der Waals surface area contributed by atoms with Crippen LogP contribution in [0.15, 0.2) is 65.6 Å². The second-order valence-corrected chi connectivity index (χ2v) is 9.85. The van der Waals surface area contributed by atoms with Crippen LogP contribution in [0.4, 0.5) is 29.7 Å². The fraction of sp³-hybridized carbons (Fsp3) is 0.160. The summed E-state index contributed by atoms with van der Waals surface area (Å²) >= 11 is 0. The Bertz CT molecular complexity index is 1480. The van der Waals surface area contributed by atoms with Crippen molar-refractivity contribution in [2.24, 2.45) is 0 Å². The topological polar surface area (TPSA) is 146 Å². The van der Waals surface area contributed by atoms with Crippen molar-refractivity contribution in [2.75, 3.05) is 23.7 Å². The van der Waals surface area contributed by atoms with Crippen LogP contribution < -0.4 is 26.0 Å². The lowest BCUT2D eigenvalue weighted by Gasteiger charge is -2.11. The van der Waals surface area contributed by atoms with Crippen molar-refractivity contribution in [3.05, 3.63) is 89.0 Å². The fourth-order valence-electron chi connectivity index (χ4n) is 3.22. The first-order valence-electron chi connectivity index (χ1n) is 11.2. The van der Waals surface area contributed by atoms with Crippen LogP contribution >= 0.6 is 0 Å². The standard InChI is InChI=1S/C25H25F2N5O5S/c1-15-4-3-5-19(12-15)38(36,37)32-24(34)29-11-10-28-23(33)17-6-9-22(21(27)14-17)31-25(35)30-18-7-8-20(26)16(2)13-18/h3-9,12-14H,10-11H2,1-2H3,(H,28,33)(H2,29,32,34)(H2,30,31,35). The third kappa shape index (κ3) is 7.74. The third-order valence-corrected chi connectivity index (χ3v) is 6.45. The van der Waals surface area contributed by atoms with Crippen LogP contribution in [0.25, 0.3) is 0 Å². The highest BCUT2D eigenvalue weighted by Crippen LogP contribution is 2.18. The number of hydrogen-bond donors (Lipinski definition) is 5. The Labute approximate surface area is 217 Å². The number of halogens is 2. The van der Waals surface area contributed by atoms with Crippen molar-refractivity contribution in [3.8, 4) is 0 Å². The van der Waals surface area contributed by atoms with Gasteiger partial charge >= 0.3 is 12.1 Å². The highest BCUT2D eigenvalue weighted by Gasteiger charge is 2.17. The van der Waals surface area contributed by atoms with Gasteiger partial charge < -0.3 is 21.3 Å². The second-order valence-electron chi connectivity index (χ2n) is 8.17. The zero-order chi connectivity index (χ0) is 27.9. The predicted octanol–water partition coefficient (Wildman–Crippen LogP) is 3.64. The monoisotopic (exact) mass is 545 g/mol. The average Bonchev–Trinajstić information content (AvgIpc) is 2.85. The summed E-state index contributed by atoms with van der Waals surface area (Å²) in [6.07, 6.45) is 0. The van der Waals surface area contributed by atoms with Crippen molar-refractivity contribution < 1.29 is 31.6 Å². The first kappa shape index (κ1) is 28.1. The molecule has 0 bridgehead atoms. The molecule has 0 saturated carbocycles. The molecule has 0 aromatic heterocycles. The molecule has 13 heteroatoms. The van der Waals surface area contributed by atoms with Gasteiger partial charge in [-0.1, -0.05) is 12.1 Å². The van der Waals surface area contributed by atoms with E-state index in [1.54, 1.807) is 19.1 Å². The number of benzene rings is 3.